The van der Waals surface area contributed by atoms with Crippen molar-refractivity contribution >= 4 is 0 Å². The summed E-state index contributed by atoms with van der Waals surface area (Å²) in [5.41, 5.74) is 2.21. The Hall–Kier alpha value is -0.890. The number of pyridine rings is 1. The summed E-state index contributed by atoms with van der Waals surface area (Å²) < 4.78 is 0. The molecule has 1 aromatic rings. The van der Waals surface area contributed by atoms with E-state index < -0.39 is 0 Å². The smallest absolute Gasteiger partial charge is 0.0270 e. The minimum atomic E-state index is 0.419. The van der Waals surface area contributed by atoms with Crippen LogP contribution in [-0.2, 0) is 0 Å². The van der Waals surface area contributed by atoms with Crippen LogP contribution in [-0.4, -0.2) is 18.1 Å². The number of rotatable bonds is 4. The zero-order chi connectivity index (χ0) is 13.6. The van der Waals surface area contributed by atoms with Crippen LogP contribution in [0.15, 0.2) is 24.5 Å². The molecule has 2 unspecified atom stereocenters. The predicted octanol–water partition coefficient (Wildman–Crippen LogP) is 3.46. The first-order valence-electron chi connectivity index (χ1n) is 6.91. The van der Waals surface area contributed by atoms with Gasteiger partial charge in [0.25, 0.3) is 0 Å². The van der Waals surface area contributed by atoms with E-state index in [1.807, 2.05) is 12.4 Å². The van der Waals surface area contributed by atoms with E-state index in [0.717, 1.165) is 5.92 Å². The predicted molar refractivity (Wildman–Crippen MR) is 76.6 cm³/mol. The van der Waals surface area contributed by atoms with Crippen molar-refractivity contribution in [2.75, 3.05) is 7.05 Å². The van der Waals surface area contributed by atoms with Gasteiger partial charge in [-0.05, 0) is 47.4 Å². The van der Waals surface area contributed by atoms with Crippen LogP contribution in [0.2, 0.25) is 0 Å². The van der Waals surface area contributed by atoms with E-state index in [0.29, 0.717) is 22.8 Å². The second kappa shape index (κ2) is 4.34. The quantitative estimate of drug-likeness (QED) is 0.880. The lowest BCUT2D eigenvalue weighted by atomic mass is 9.87. The molecule has 2 rings (SSSR count). The maximum Gasteiger partial charge on any atom is 0.0270 e. The van der Waals surface area contributed by atoms with E-state index in [2.05, 4.69) is 64.1 Å². The average Bonchev–Trinajstić information content (AvgIpc) is 2.74. The van der Waals surface area contributed by atoms with E-state index in [1.54, 1.807) is 0 Å². The van der Waals surface area contributed by atoms with Crippen LogP contribution in [0.4, 0.5) is 0 Å². The van der Waals surface area contributed by atoms with Crippen LogP contribution in [0.25, 0.3) is 0 Å². The first-order valence-corrected chi connectivity index (χ1v) is 6.91. The van der Waals surface area contributed by atoms with Gasteiger partial charge in [0.1, 0.15) is 0 Å². The Morgan fingerprint density at radius 3 is 2.00 bits per heavy atom. The van der Waals surface area contributed by atoms with Gasteiger partial charge in [0.05, 0.1) is 0 Å². The fourth-order valence-electron chi connectivity index (χ4n) is 3.72. The summed E-state index contributed by atoms with van der Waals surface area (Å²) >= 11 is 0. The molecule has 100 valence electrons. The highest BCUT2D eigenvalue weighted by Gasteiger charge is 2.67. The second-order valence-electron chi connectivity index (χ2n) is 6.80. The summed E-state index contributed by atoms with van der Waals surface area (Å²) in [5, 5.41) is 3.55. The minimum absolute atomic E-state index is 0.419. The van der Waals surface area contributed by atoms with Gasteiger partial charge in [0, 0.05) is 18.4 Å². The Morgan fingerprint density at radius 1 is 1.11 bits per heavy atom. The average molecular weight is 246 g/mol. The largest absolute Gasteiger partial charge is 0.316 e. The van der Waals surface area contributed by atoms with Gasteiger partial charge < -0.3 is 5.32 Å². The van der Waals surface area contributed by atoms with Crippen molar-refractivity contribution in [1.82, 2.24) is 10.3 Å². The Kier molecular flexibility index (Phi) is 3.26. The molecular weight excluding hydrogens is 220 g/mol. The maximum atomic E-state index is 4.11. The van der Waals surface area contributed by atoms with Gasteiger partial charge in [-0.15, -0.1) is 0 Å². The molecule has 2 heteroatoms. The summed E-state index contributed by atoms with van der Waals surface area (Å²) in [6, 6.07) is 4.80. The molecule has 1 fully saturated rings. The third-order valence-electron chi connectivity index (χ3n) is 5.60. The lowest BCUT2D eigenvalue weighted by Gasteiger charge is -2.26. The van der Waals surface area contributed by atoms with Gasteiger partial charge in [-0.1, -0.05) is 34.6 Å². The van der Waals surface area contributed by atoms with Crippen LogP contribution >= 0.6 is 0 Å². The number of aromatic nitrogens is 1. The third-order valence-corrected chi connectivity index (χ3v) is 5.60. The van der Waals surface area contributed by atoms with Gasteiger partial charge in [-0.25, -0.2) is 0 Å². The Balaban J connectivity index is 2.21. The molecule has 0 aromatic carbocycles. The van der Waals surface area contributed by atoms with E-state index >= 15 is 0 Å². The molecule has 18 heavy (non-hydrogen) atoms. The number of hydrogen-bond donors (Lipinski definition) is 1. The van der Waals surface area contributed by atoms with Gasteiger partial charge in [0.2, 0.25) is 0 Å². The Morgan fingerprint density at radius 2 is 1.61 bits per heavy atom. The van der Waals surface area contributed by atoms with Gasteiger partial charge in [0.15, 0.2) is 0 Å². The summed E-state index contributed by atoms with van der Waals surface area (Å²) in [7, 11) is 2.09. The monoisotopic (exact) mass is 246 g/mol. The lowest BCUT2D eigenvalue weighted by Crippen LogP contribution is -2.35. The first-order chi connectivity index (χ1) is 8.34. The standard InChI is InChI=1S/C16H26N2/c1-11(12-7-9-18-10-8-12)13(17-6)14-15(2,3)16(14,4)5/h7-11,13-14,17H,1-6H3. The van der Waals surface area contributed by atoms with Crippen LogP contribution < -0.4 is 5.32 Å². The van der Waals surface area contributed by atoms with Crippen molar-refractivity contribution < 1.29 is 0 Å². The number of likely N-dealkylation sites (N-methyl/N-ethyl adjacent to an activating group) is 1. The topological polar surface area (TPSA) is 24.9 Å². The number of hydrogen-bond acceptors (Lipinski definition) is 2. The molecule has 0 amide bonds. The van der Waals surface area contributed by atoms with Gasteiger partial charge >= 0.3 is 0 Å². The number of nitrogens with one attached hydrogen (secondary N) is 1. The molecule has 0 saturated heterocycles. The summed E-state index contributed by atoms with van der Waals surface area (Å²) in [4.78, 5) is 4.11. The highest BCUT2D eigenvalue weighted by molar-refractivity contribution is 5.24. The van der Waals surface area contributed by atoms with Crippen molar-refractivity contribution in [2.45, 2.75) is 46.6 Å². The molecule has 1 aliphatic rings. The van der Waals surface area contributed by atoms with Crippen LogP contribution in [0.3, 0.4) is 0 Å². The Labute approximate surface area is 111 Å². The zero-order valence-electron chi connectivity index (χ0n) is 12.5. The fourth-order valence-corrected chi connectivity index (χ4v) is 3.72. The van der Waals surface area contributed by atoms with Gasteiger partial charge in [-0.3, -0.25) is 4.98 Å². The fraction of sp³-hybridized carbons (Fsp3) is 0.688. The lowest BCUT2D eigenvalue weighted by molar-refractivity contribution is 0.375. The molecule has 1 N–H and O–H groups in total. The van der Waals surface area contributed by atoms with Crippen molar-refractivity contribution in [3.8, 4) is 0 Å². The van der Waals surface area contributed by atoms with Crippen molar-refractivity contribution in [3.05, 3.63) is 30.1 Å². The highest BCUT2D eigenvalue weighted by Crippen LogP contribution is 2.70. The molecule has 0 spiro atoms. The minimum Gasteiger partial charge on any atom is -0.316 e. The zero-order valence-corrected chi connectivity index (χ0v) is 12.5. The third kappa shape index (κ3) is 1.87. The molecular formula is C16H26N2. The molecule has 0 radical (unpaired) electrons. The summed E-state index contributed by atoms with van der Waals surface area (Å²) in [6.07, 6.45) is 3.78. The molecule has 1 aromatic heterocycles. The van der Waals surface area contributed by atoms with E-state index in [4.69, 9.17) is 0 Å². The first kappa shape index (κ1) is 13.5. The van der Waals surface area contributed by atoms with Crippen LogP contribution in [0.5, 0.6) is 0 Å². The van der Waals surface area contributed by atoms with Crippen molar-refractivity contribution in [2.24, 2.45) is 16.7 Å². The summed E-state index contributed by atoms with van der Waals surface area (Å²) in [5.74, 6) is 1.24. The molecule has 1 saturated carbocycles. The molecule has 1 aliphatic carbocycles. The normalized spacial score (nSPS) is 24.6. The van der Waals surface area contributed by atoms with Crippen molar-refractivity contribution in [3.63, 3.8) is 0 Å². The molecule has 1 heterocycles. The molecule has 2 nitrogen and oxygen atoms in total. The van der Waals surface area contributed by atoms with Crippen LogP contribution in [0, 0.1) is 16.7 Å². The van der Waals surface area contributed by atoms with Gasteiger partial charge in [-0.2, -0.15) is 0 Å². The van der Waals surface area contributed by atoms with Crippen molar-refractivity contribution in [1.29, 1.82) is 0 Å². The summed E-state index contributed by atoms with van der Waals surface area (Å²) in [6.45, 7) is 11.9. The maximum absolute atomic E-state index is 4.11. The van der Waals surface area contributed by atoms with E-state index in [-0.39, 0.29) is 0 Å². The van der Waals surface area contributed by atoms with Crippen LogP contribution in [0.1, 0.15) is 46.1 Å². The molecule has 2 atom stereocenters. The SMILES string of the molecule is CNC(C(C)c1ccncc1)C1C(C)(C)C1(C)C. The Bertz CT molecular complexity index is 394. The van der Waals surface area contributed by atoms with E-state index in [1.165, 1.54) is 5.56 Å². The number of nitrogens with zero attached hydrogens (tertiary/aromatic N) is 1. The van der Waals surface area contributed by atoms with E-state index in [9.17, 15) is 0 Å². The highest BCUT2D eigenvalue weighted by atomic mass is 14.9. The molecule has 0 bridgehead atoms. The molecule has 0 aliphatic heterocycles. The second-order valence-corrected chi connectivity index (χ2v) is 6.80.